The average molecular weight is 283 g/mol. The molecule has 0 amide bonds. The van der Waals surface area contributed by atoms with Crippen molar-refractivity contribution in [1.29, 1.82) is 0 Å². The summed E-state index contributed by atoms with van der Waals surface area (Å²) in [6.07, 6.45) is 8.18. The Morgan fingerprint density at radius 1 is 1.25 bits per heavy atom. The Labute approximate surface area is 122 Å². The van der Waals surface area contributed by atoms with Crippen molar-refractivity contribution in [2.75, 3.05) is 6.54 Å². The van der Waals surface area contributed by atoms with Crippen molar-refractivity contribution in [1.82, 2.24) is 0 Å². The van der Waals surface area contributed by atoms with Crippen LogP contribution < -0.4 is 5.73 Å². The van der Waals surface area contributed by atoms with Gasteiger partial charge in [-0.2, -0.15) is 0 Å². The highest BCUT2D eigenvalue weighted by atomic mass is 16.4. The number of carboxylic acid groups (broad SMARTS) is 1. The normalized spacial score (nSPS) is 26.2. The van der Waals surface area contributed by atoms with Crippen molar-refractivity contribution in [2.24, 2.45) is 23.0 Å². The lowest BCUT2D eigenvalue weighted by molar-refractivity contribution is -0.149. The molecule has 1 aliphatic rings. The predicted octanol–water partition coefficient (Wildman–Crippen LogP) is 2.99. The number of hydrogen-bond acceptors (Lipinski definition) is 3. The van der Waals surface area contributed by atoms with Gasteiger partial charge in [-0.1, -0.05) is 52.4 Å². The molecule has 3 N–H and O–H groups in total. The van der Waals surface area contributed by atoms with Crippen LogP contribution in [0.15, 0.2) is 0 Å². The van der Waals surface area contributed by atoms with Crippen LogP contribution in [-0.4, -0.2) is 23.4 Å². The zero-order valence-electron chi connectivity index (χ0n) is 12.9. The summed E-state index contributed by atoms with van der Waals surface area (Å²) in [4.78, 5) is 23.6. The van der Waals surface area contributed by atoms with Crippen molar-refractivity contribution in [3.05, 3.63) is 0 Å². The fraction of sp³-hybridized carbons (Fsp3) is 0.875. The van der Waals surface area contributed by atoms with Gasteiger partial charge in [0.05, 0.1) is 12.0 Å². The first-order valence-corrected chi connectivity index (χ1v) is 7.96. The highest BCUT2D eigenvalue weighted by Crippen LogP contribution is 2.59. The molecule has 3 unspecified atom stereocenters. The smallest absolute Gasteiger partial charge is 0.310 e. The van der Waals surface area contributed by atoms with Crippen LogP contribution in [-0.2, 0) is 9.59 Å². The first-order chi connectivity index (χ1) is 9.50. The molecule has 116 valence electrons. The Balaban J connectivity index is 2.50. The number of carbonyl (C=O) groups excluding carboxylic acids is 1. The van der Waals surface area contributed by atoms with Crippen LogP contribution in [0.3, 0.4) is 0 Å². The zero-order valence-corrected chi connectivity index (χ0v) is 12.9. The van der Waals surface area contributed by atoms with Gasteiger partial charge in [-0.05, 0) is 18.8 Å². The third-order valence-corrected chi connectivity index (χ3v) is 4.82. The molecule has 0 aromatic carbocycles. The molecule has 0 aliphatic heterocycles. The molecule has 0 spiro atoms. The van der Waals surface area contributed by atoms with Gasteiger partial charge in [0.1, 0.15) is 0 Å². The van der Waals surface area contributed by atoms with Gasteiger partial charge in [0.15, 0.2) is 5.78 Å². The van der Waals surface area contributed by atoms with E-state index in [9.17, 15) is 14.7 Å². The molecule has 4 heteroatoms. The number of aliphatic carboxylic acids is 1. The maximum atomic E-state index is 12.0. The molecule has 3 atom stereocenters. The summed E-state index contributed by atoms with van der Waals surface area (Å²) in [6.45, 7) is 4.06. The van der Waals surface area contributed by atoms with E-state index < -0.39 is 11.4 Å². The van der Waals surface area contributed by atoms with Crippen molar-refractivity contribution < 1.29 is 14.7 Å². The lowest BCUT2D eigenvalue weighted by Gasteiger charge is -2.23. The number of nitrogens with two attached hydrogens (primary N) is 1. The zero-order chi connectivity index (χ0) is 15.2. The van der Waals surface area contributed by atoms with Crippen LogP contribution in [0, 0.1) is 17.3 Å². The van der Waals surface area contributed by atoms with E-state index in [1.807, 2.05) is 6.92 Å². The van der Waals surface area contributed by atoms with E-state index in [0.717, 1.165) is 12.8 Å². The number of rotatable bonds is 11. The Hall–Kier alpha value is -0.900. The molecule has 1 aliphatic carbocycles. The molecule has 0 saturated heterocycles. The van der Waals surface area contributed by atoms with Gasteiger partial charge in [0.2, 0.25) is 0 Å². The minimum absolute atomic E-state index is 0.0394. The van der Waals surface area contributed by atoms with E-state index in [2.05, 4.69) is 6.92 Å². The molecule has 0 aromatic rings. The lowest BCUT2D eigenvalue weighted by atomic mass is 9.80. The largest absolute Gasteiger partial charge is 0.481 e. The third kappa shape index (κ3) is 3.81. The van der Waals surface area contributed by atoms with Gasteiger partial charge in [-0.25, -0.2) is 0 Å². The summed E-state index contributed by atoms with van der Waals surface area (Å²) in [5.74, 6) is -1.18. The van der Waals surface area contributed by atoms with E-state index >= 15 is 0 Å². The predicted molar refractivity (Wildman–Crippen MR) is 79.4 cm³/mol. The minimum Gasteiger partial charge on any atom is -0.481 e. The maximum Gasteiger partial charge on any atom is 0.310 e. The first kappa shape index (κ1) is 17.2. The molecule has 1 rings (SSSR count). The van der Waals surface area contributed by atoms with Crippen LogP contribution in [0.2, 0.25) is 0 Å². The van der Waals surface area contributed by atoms with Crippen LogP contribution in [0.25, 0.3) is 0 Å². The fourth-order valence-corrected chi connectivity index (χ4v) is 3.36. The molecule has 0 heterocycles. The minimum atomic E-state index is -0.820. The third-order valence-electron chi connectivity index (χ3n) is 4.82. The van der Waals surface area contributed by atoms with Crippen molar-refractivity contribution >= 4 is 11.8 Å². The van der Waals surface area contributed by atoms with Gasteiger partial charge in [0.25, 0.3) is 0 Å². The molecule has 0 radical (unpaired) electrons. The number of carboxylic acids is 1. The fourth-order valence-electron chi connectivity index (χ4n) is 3.36. The molecule has 20 heavy (non-hydrogen) atoms. The quantitative estimate of drug-likeness (QED) is 0.571. The summed E-state index contributed by atoms with van der Waals surface area (Å²) in [5.41, 5.74) is 4.65. The summed E-state index contributed by atoms with van der Waals surface area (Å²) < 4.78 is 0. The molecule has 1 fully saturated rings. The van der Waals surface area contributed by atoms with E-state index in [1.165, 1.54) is 25.7 Å². The summed E-state index contributed by atoms with van der Waals surface area (Å²) in [6, 6.07) is 0. The van der Waals surface area contributed by atoms with Crippen molar-refractivity contribution in [3.8, 4) is 0 Å². The number of Topliss-reactive ketones (excluding diaryl/α,β-unsaturated/α-hetero) is 1. The number of unbranched alkanes of at least 4 members (excludes halogenated alkanes) is 5. The first-order valence-electron chi connectivity index (χ1n) is 7.96. The van der Waals surface area contributed by atoms with Crippen LogP contribution >= 0.6 is 0 Å². The highest BCUT2D eigenvalue weighted by Gasteiger charge is 2.63. The number of hydrogen-bond donors (Lipinski definition) is 2. The molecule has 0 aromatic heterocycles. The van der Waals surface area contributed by atoms with Crippen LogP contribution in [0.5, 0.6) is 0 Å². The Kier molecular flexibility index (Phi) is 6.66. The maximum absolute atomic E-state index is 12.0. The Bertz CT molecular complexity index is 343. The molecule has 4 nitrogen and oxygen atoms in total. The highest BCUT2D eigenvalue weighted by molar-refractivity contribution is 5.91. The van der Waals surface area contributed by atoms with Gasteiger partial charge in [-0.3, -0.25) is 9.59 Å². The van der Waals surface area contributed by atoms with Crippen molar-refractivity contribution in [2.45, 2.75) is 65.2 Å². The SMILES string of the molecule is CCCCCCCCC(C(=O)CN)C1(C(=O)O)CC1C. The summed E-state index contributed by atoms with van der Waals surface area (Å²) in [7, 11) is 0. The second-order valence-electron chi connectivity index (χ2n) is 6.23. The van der Waals surface area contributed by atoms with Gasteiger partial charge in [0, 0.05) is 5.92 Å². The van der Waals surface area contributed by atoms with E-state index in [0.29, 0.717) is 12.8 Å². The topological polar surface area (TPSA) is 80.4 Å². The summed E-state index contributed by atoms with van der Waals surface area (Å²) in [5, 5.41) is 9.47. The van der Waals surface area contributed by atoms with E-state index in [4.69, 9.17) is 5.73 Å². The van der Waals surface area contributed by atoms with E-state index in [-0.39, 0.29) is 24.2 Å². The van der Waals surface area contributed by atoms with Gasteiger partial charge in [-0.15, -0.1) is 0 Å². The summed E-state index contributed by atoms with van der Waals surface area (Å²) >= 11 is 0. The standard InChI is InChI=1S/C16H29NO3/c1-3-4-5-6-7-8-9-13(14(18)11-17)16(15(19)20)10-12(16)2/h12-13H,3-11,17H2,1-2H3,(H,19,20). The molecule has 0 bridgehead atoms. The van der Waals surface area contributed by atoms with Crippen molar-refractivity contribution in [3.63, 3.8) is 0 Å². The monoisotopic (exact) mass is 283 g/mol. The van der Waals surface area contributed by atoms with E-state index in [1.54, 1.807) is 0 Å². The molecular weight excluding hydrogens is 254 g/mol. The van der Waals surface area contributed by atoms with Crippen LogP contribution in [0.4, 0.5) is 0 Å². The molecule has 1 saturated carbocycles. The number of ketones is 1. The Morgan fingerprint density at radius 2 is 1.80 bits per heavy atom. The second kappa shape index (κ2) is 7.77. The van der Waals surface area contributed by atoms with Gasteiger partial charge < -0.3 is 10.8 Å². The Morgan fingerprint density at radius 3 is 2.25 bits per heavy atom. The second-order valence-corrected chi connectivity index (χ2v) is 6.23. The molecular formula is C16H29NO3. The average Bonchev–Trinajstić information content (AvgIpc) is 3.10. The van der Waals surface area contributed by atoms with Crippen LogP contribution in [0.1, 0.15) is 65.2 Å². The lowest BCUT2D eigenvalue weighted by Crippen LogP contribution is -2.36. The van der Waals surface area contributed by atoms with Gasteiger partial charge >= 0.3 is 5.97 Å². The number of carbonyl (C=O) groups is 2.